The summed E-state index contributed by atoms with van der Waals surface area (Å²) in [6.07, 6.45) is 1.90. The lowest BCUT2D eigenvalue weighted by atomic mass is 10.0. The lowest BCUT2D eigenvalue weighted by molar-refractivity contribution is 0.102. The Bertz CT molecular complexity index is 810. The van der Waals surface area contributed by atoms with Gasteiger partial charge in [-0.3, -0.25) is 9.20 Å². The number of hydrogen-bond donors (Lipinski definition) is 0. The highest BCUT2D eigenvalue weighted by molar-refractivity contribution is 7.99. The highest BCUT2D eigenvalue weighted by atomic mass is 32.2. The fraction of sp³-hybridized carbons (Fsp3) is 0.188. The van der Waals surface area contributed by atoms with E-state index in [1.54, 1.807) is 0 Å². The average Bonchev–Trinajstić information content (AvgIpc) is 2.91. The van der Waals surface area contributed by atoms with Crippen molar-refractivity contribution in [3.63, 3.8) is 0 Å². The Balaban J connectivity index is 1.75. The van der Waals surface area contributed by atoms with Gasteiger partial charge in [0.05, 0.1) is 5.75 Å². The van der Waals surface area contributed by atoms with E-state index in [-0.39, 0.29) is 5.78 Å². The lowest BCUT2D eigenvalue weighted by Crippen LogP contribution is -2.04. The second kappa shape index (κ2) is 5.69. The molecule has 0 unspecified atom stereocenters. The van der Waals surface area contributed by atoms with E-state index in [9.17, 15) is 4.79 Å². The van der Waals surface area contributed by atoms with Crippen molar-refractivity contribution in [2.75, 3.05) is 5.75 Å². The maximum absolute atomic E-state index is 12.3. The molecule has 0 N–H and O–H groups in total. The Morgan fingerprint density at radius 3 is 2.81 bits per heavy atom. The first kappa shape index (κ1) is 13.8. The van der Waals surface area contributed by atoms with Crippen molar-refractivity contribution in [3.8, 4) is 0 Å². The van der Waals surface area contributed by atoms with Crippen molar-refractivity contribution in [1.82, 2.24) is 14.6 Å². The van der Waals surface area contributed by atoms with E-state index >= 15 is 0 Å². The van der Waals surface area contributed by atoms with E-state index in [1.165, 1.54) is 17.3 Å². The Morgan fingerprint density at radius 2 is 2.00 bits per heavy atom. The SMILES string of the molecule is Cc1ccc(C(=O)CSc2nnc3ccccn23)cc1C. The lowest BCUT2D eigenvalue weighted by Gasteiger charge is -2.04. The second-order valence-corrected chi connectivity index (χ2v) is 5.86. The summed E-state index contributed by atoms with van der Waals surface area (Å²) in [5, 5.41) is 8.93. The number of aryl methyl sites for hydroxylation is 2. The van der Waals surface area contributed by atoms with Crippen LogP contribution in [-0.2, 0) is 0 Å². The zero-order valence-electron chi connectivity index (χ0n) is 11.9. The standard InChI is InChI=1S/C16H15N3OS/c1-11-6-7-13(9-12(11)2)14(20)10-21-16-18-17-15-5-3-4-8-19(15)16/h3-9H,10H2,1-2H3. The Kier molecular flexibility index (Phi) is 3.75. The largest absolute Gasteiger partial charge is 0.293 e. The maximum Gasteiger partial charge on any atom is 0.196 e. The summed E-state index contributed by atoms with van der Waals surface area (Å²) in [5.74, 6) is 0.467. The van der Waals surface area contributed by atoms with Gasteiger partial charge in [-0.05, 0) is 43.2 Å². The van der Waals surface area contributed by atoms with Crippen LogP contribution < -0.4 is 0 Å². The van der Waals surface area contributed by atoms with Gasteiger partial charge in [0, 0.05) is 11.8 Å². The van der Waals surface area contributed by atoms with E-state index in [2.05, 4.69) is 10.2 Å². The Hall–Kier alpha value is -2.14. The monoisotopic (exact) mass is 297 g/mol. The third kappa shape index (κ3) is 2.83. The van der Waals surface area contributed by atoms with Crippen LogP contribution in [-0.4, -0.2) is 26.1 Å². The van der Waals surface area contributed by atoms with Gasteiger partial charge in [0.1, 0.15) is 0 Å². The Labute approximate surface area is 127 Å². The number of ketones is 1. The number of hydrogen-bond acceptors (Lipinski definition) is 4. The molecule has 3 aromatic rings. The molecular weight excluding hydrogens is 282 g/mol. The normalized spacial score (nSPS) is 11.0. The number of carbonyl (C=O) groups excluding carboxylic acids is 1. The minimum absolute atomic E-state index is 0.107. The summed E-state index contributed by atoms with van der Waals surface area (Å²) in [6, 6.07) is 11.5. The predicted octanol–water partition coefficient (Wildman–Crippen LogP) is 3.32. The third-order valence-electron chi connectivity index (χ3n) is 3.44. The number of fused-ring (bicyclic) bond motifs is 1. The van der Waals surface area contributed by atoms with Gasteiger partial charge in [-0.15, -0.1) is 10.2 Å². The van der Waals surface area contributed by atoms with Gasteiger partial charge in [-0.2, -0.15) is 0 Å². The second-order valence-electron chi connectivity index (χ2n) is 4.92. The summed E-state index contributed by atoms with van der Waals surface area (Å²) >= 11 is 1.41. The highest BCUT2D eigenvalue weighted by Crippen LogP contribution is 2.19. The molecule has 0 aliphatic rings. The summed E-state index contributed by atoms with van der Waals surface area (Å²) in [4.78, 5) is 12.3. The molecule has 0 spiro atoms. The van der Waals surface area contributed by atoms with Gasteiger partial charge < -0.3 is 0 Å². The average molecular weight is 297 g/mol. The molecule has 0 fully saturated rings. The zero-order valence-corrected chi connectivity index (χ0v) is 12.7. The van der Waals surface area contributed by atoms with Crippen LogP contribution in [0.3, 0.4) is 0 Å². The molecule has 0 aliphatic heterocycles. The van der Waals surface area contributed by atoms with Crippen LogP contribution in [0.5, 0.6) is 0 Å². The first-order valence-corrected chi connectivity index (χ1v) is 7.67. The molecule has 0 radical (unpaired) electrons. The molecule has 0 amide bonds. The van der Waals surface area contributed by atoms with Crippen molar-refractivity contribution in [3.05, 3.63) is 59.3 Å². The number of carbonyl (C=O) groups is 1. The number of thioether (sulfide) groups is 1. The summed E-state index contributed by atoms with van der Waals surface area (Å²) in [5.41, 5.74) is 3.87. The van der Waals surface area contributed by atoms with Gasteiger partial charge in [-0.1, -0.05) is 30.0 Å². The van der Waals surface area contributed by atoms with Crippen LogP contribution in [0.25, 0.3) is 5.65 Å². The molecule has 0 bridgehead atoms. The highest BCUT2D eigenvalue weighted by Gasteiger charge is 2.11. The van der Waals surface area contributed by atoms with Gasteiger partial charge in [0.25, 0.3) is 0 Å². The van der Waals surface area contributed by atoms with E-state index in [1.807, 2.05) is 60.8 Å². The van der Waals surface area contributed by atoms with Gasteiger partial charge in [-0.25, -0.2) is 0 Å². The van der Waals surface area contributed by atoms with Crippen molar-refractivity contribution in [2.45, 2.75) is 19.0 Å². The fourth-order valence-corrected chi connectivity index (χ4v) is 2.87. The number of Topliss-reactive ketones (excluding diaryl/α,β-unsaturated/α-hetero) is 1. The predicted molar refractivity (Wildman–Crippen MR) is 84.0 cm³/mol. The van der Waals surface area contributed by atoms with Crippen molar-refractivity contribution < 1.29 is 4.79 Å². The molecule has 106 valence electrons. The molecule has 2 heterocycles. The topological polar surface area (TPSA) is 47.3 Å². The number of benzene rings is 1. The Morgan fingerprint density at radius 1 is 1.14 bits per heavy atom. The number of rotatable bonds is 4. The molecule has 0 atom stereocenters. The van der Waals surface area contributed by atoms with E-state index < -0.39 is 0 Å². The molecular formula is C16H15N3OS. The molecule has 3 rings (SSSR count). The first-order chi connectivity index (χ1) is 10.1. The van der Waals surface area contributed by atoms with Crippen LogP contribution in [0.4, 0.5) is 0 Å². The van der Waals surface area contributed by atoms with Crippen LogP contribution in [0.1, 0.15) is 21.5 Å². The van der Waals surface area contributed by atoms with Crippen molar-refractivity contribution in [1.29, 1.82) is 0 Å². The van der Waals surface area contributed by atoms with Crippen molar-refractivity contribution >= 4 is 23.2 Å². The summed E-state index contributed by atoms with van der Waals surface area (Å²) < 4.78 is 1.89. The molecule has 0 saturated heterocycles. The minimum atomic E-state index is 0.107. The minimum Gasteiger partial charge on any atom is -0.293 e. The van der Waals surface area contributed by atoms with Crippen LogP contribution >= 0.6 is 11.8 Å². The van der Waals surface area contributed by atoms with E-state index in [0.717, 1.165) is 21.9 Å². The number of nitrogens with zero attached hydrogens (tertiary/aromatic N) is 3. The first-order valence-electron chi connectivity index (χ1n) is 6.68. The summed E-state index contributed by atoms with van der Waals surface area (Å²) in [6.45, 7) is 4.06. The molecule has 0 saturated carbocycles. The van der Waals surface area contributed by atoms with Gasteiger partial charge in [0.2, 0.25) is 0 Å². The van der Waals surface area contributed by atoms with Crippen molar-refractivity contribution in [2.24, 2.45) is 0 Å². The van der Waals surface area contributed by atoms with Gasteiger partial charge in [0.15, 0.2) is 16.6 Å². The molecule has 2 aromatic heterocycles. The molecule has 4 nitrogen and oxygen atoms in total. The fourth-order valence-electron chi connectivity index (χ4n) is 2.05. The molecule has 0 aliphatic carbocycles. The van der Waals surface area contributed by atoms with Crippen LogP contribution in [0.2, 0.25) is 0 Å². The molecule has 5 heteroatoms. The van der Waals surface area contributed by atoms with Gasteiger partial charge >= 0.3 is 0 Å². The van der Waals surface area contributed by atoms with E-state index in [0.29, 0.717) is 5.75 Å². The van der Waals surface area contributed by atoms with Crippen LogP contribution in [0, 0.1) is 13.8 Å². The number of aromatic nitrogens is 3. The smallest absolute Gasteiger partial charge is 0.196 e. The summed E-state index contributed by atoms with van der Waals surface area (Å²) in [7, 11) is 0. The maximum atomic E-state index is 12.3. The zero-order chi connectivity index (χ0) is 14.8. The molecule has 21 heavy (non-hydrogen) atoms. The third-order valence-corrected chi connectivity index (χ3v) is 4.39. The molecule has 1 aromatic carbocycles. The van der Waals surface area contributed by atoms with Crippen LogP contribution in [0.15, 0.2) is 47.8 Å². The number of pyridine rings is 1. The van der Waals surface area contributed by atoms with E-state index in [4.69, 9.17) is 0 Å². The quantitative estimate of drug-likeness (QED) is 0.547.